The topological polar surface area (TPSA) is 70.7 Å². The Morgan fingerprint density at radius 1 is 1.19 bits per heavy atom. The minimum atomic E-state index is -0.772. The normalized spacial score (nSPS) is 20.6. The molecular weight excluding hydrogens is 421 g/mol. The van der Waals surface area contributed by atoms with Gasteiger partial charge in [0, 0.05) is 23.2 Å². The summed E-state index contributed by atoms with van der Waals surface area (Å²) in [6, 6.07) is 9.65. The highest BCUT2D eigenvalue weighted by Crippen LogP contribution is 2.32. The number of halogens is 2. The Hall–Kier alpha value is -2.64. The summed E-state index contributed by atoms with van der Waals surface area (Å²) >= 11 is 5.99. The molecule has 8 heteroatoms. The van der Waals surface area contributed by atoms with E-state index >= 15 is 0 Å². The summed E-state index contributed by atoms with van der Waals surface area (Å²) in [5.74, 6) is -0.617. The number of rotatable bonds is 5. The van der Waals surface area contributed by atoms with Gasteiger partial charge >= 0.3 is 0 Å². The molecule has 0 unspecified atom stereocenters. The van der Waals surface area contributed by atoms with Gasteiger partial charge in [0.1, 0.15) is 11.6 Å². The van der Waals surface area contributed by atoms with Gasteiger partial charge in [-0.1, -0.05) is 18.0 Å². The van der Waals surface area contributed by atoms with Gasteiger partial charge in [0.25, 0.3) is 5.91 Å². The second kappa shape index (κ2) is 9.24. The molecule has 1 fully saturated rings. The van der Waals surface area contributed by atoms with Crippen LogP contribution in [0.4, 0.5) is 15.8 Å². The predicted octanol–water partition coefficient (Wildman–Crippen LogP) is 4.23. The molecule has 0 aliphatic carbocycles. The zero-order chi connectivity index (χ0) is 22.0. The minimum Gasteiger partial charge on any atom is -0.480 e. The summed E-state index contributed by atoms with van der Waals surface area (Å²) in [6.45, 7) is 3.31. The van der Waals surface area contributed by atoms with Crippen LogP contribution in [0.1, 0.15) is 31.7 Å². The molecule has 1 saturated heterocycles. The fourth-order valence-electron chi connectivity index (χ4n) is 4.05. The molecule has 2 atom stereocenters. The second-order valence-electron chi connectivity index (χ2n) is 8.11. The molecule has 2 aromatic rings. The smallest absolute Gasteiger partial charge is 0.265 e. The van der Waals surface area contributed by atoms with E-state index in [1.54, 1.807) is 18.2 Å². The number of fused-ring (bicyclic) bond motifs is 1. The highest BCUT2D eigenvalue weighted by Gasteiger charge is 2.30. The number of carbonyl (C=O) groups is 2. The van der Waals surface area contributed by atoms with Crippen molar-refractivity contribution in [2.45, 2.75) is 44.8 Å². The standard InChI is InChI=1S/C23H25ClFN3O3/c1-14-4-2-3-9-28(14)13-22(29)26-17-6-7-18(25)19(12-17)27-23(30)21-11-15-10-16(24)5-8-20(15)31-21/h5-8,10,12,14,21H,2-4,9,11,13H2,1H3,(H,26,29)(H,27,30)/t14-,21-/m1/s1. The first-order valence-corrected chi connectivity index (χ1v) is 10.9. The van der Waals surface area contributed by atoms with Gasteiger partial charge in [-0.3, -0.25) is 14.5 Å². The van der Waals surface area contributed by atoms with Crippen LogP contribution in [0.15, 0.2) is 36.4 Å². The third kappa shape index (κ3) is 5.17. The number of nitrogens with one attached hydrogen (secondary N) is 2. The Morgan fingerprint density at radius 3 is 2.84 bits per heavy atom. The molecule has 2 aliphatic heterocycles. The molecule has 2 N–H and O–H groups in total. The van der Waals surface area contributed by atoms with Crippen LogP contribution in [0.25, 0.3) is 0 Å². The first-order chi connectivity index (χ1) is 14.9. The van der Waals surface area contributed by atoms with Gasteiger partial charge in [-0.2, -0.15) is 0 Å². The number of benzene rings is 2. The van der Waals surface area contributed by atoms with Crippen molar-refractivity contribution >= 4 is 34.8 Å². The number of anilines is 2. The first kappa shape index (κ1) is 21.6. The lowest BCUT2D eigenvalue weighted by atomic mass is 10.0. The van der Waals surface area contributed by atoms with Crippen LogP contribution >= 0.6 is 11.6 Å². The van der Waals surface area contributed by atoms with Gasteiger partial charge in [-0.25, -0.2) is 4.39 Å². The summed E-state index contributed by atoms with van der Waals surface area (Å²) < 4.78 is 20.0. The van der Waals surface area contributed by atoms with Crippen molar-refractivity contribution in [1.82, 2.24) is 4.90 Å². The Labute approximate surface area is 185 Å². The molecule has 31 heavy (non-hydrogen) atoms. The van der Waals surface area contributed by atoms with Crippen LogP contribution in [-0.4, -0.2) is 41.9 Å². The van der Waals surface area contributed by atoms with Crippen LogP contribution in [-0.2, 0) is 16.0 Å². The van der Waals surface area contributed by atoms with Crippen molar-refractivity contribution in [1.29, 1.82) is 0 Å². The van der Waals surface area contributed by atoms with Crippen molar-refractivity contribution in [3.63, 3.8) is 0 Å². The number of carbonyl (C=O) groups excluding carboxylic acids is 2. The maximum absolute atomic E-state index is 14.3. The van der Waals surface area contributed by atoms with E-state index in [4.69, 9.17) is 16.3 Å². The number of likely N-dealkylation sites (tertiary alicyclic amines) is 1. The van der Waals surface area contributed by atoms with E-state index in [0.717, 1.165) is 24.9 Å². The van der Waals surface area contributed by atoms with Gasteiger partial charge < -0.3 is 15.4 Å². The van der Waals surface area contributed by atoms with Crippen molar-refractivity contribution in [2.24, 2.45) is 0 Å². The number of amides is 2. The summed E-state index contributed by atoms with van der Waals surface area (Å²) in [4.78, 5) is 27.2. The van der Waals surface area contributed by atoms with E-state index in [9.17, 15) is 14.0 Å². The molecule has 0 aromatic heterocycles. The monoisotopic (exact) mass is 445 g/mol. The van der Waals surface area contributed by atoms with Crippen LogP contribution < -0.4 is 15.4 Å². The van der Waals surface area contributed by atoms with E-state index in [1.165, 1.54) is 24.6 Å². The van der Waals surface area contributed by atoms with E-state index < -0.39 is 17.8 Å². The molecule has 2 aromatic carbocycles. The van der Waals surface area contributed by atoms with Crippen LogP contribution in [0.3, 0.4) is 0 Å². The van der Waals surface area contributed by atoms with Crippen molar-refractivity contribution in [3.8, 4) is 5.75 Å². The summed E-state index contributed by atoms with van der Waals surface area (Å²) in [5.41, 5.74) is 1.25. The summed E-state index contributed by atoms with van der Waals surface area (Å²) in [6.07, 6.45) is 2.94. The van der Waals surface area contributed by atoms with E-state index in [-0.39, 0.29) is 18.1 Å². The van der Waals surface area contributed by atoms with E-state index in [1.807, 2.05) is 0 Å². The number of piperidine rings is 1. The molecule has 2 heterocycles. The maximum atomic E-state index is 14.3. The van der Waals surface area contributed by atoms with Crippen LogP contribution in [0, 0.1) is 5.82 Å². The molecule has 2 aliphatic rings. The molecule has 6 nitrogen and oxygen atoms in total. The van der Waals surface area contributed by atoms with Gasteiger partial charge in [0.05, 0.1) is 12.2 Å². The fraction of sp³-hybridized carbons (Fsp3) is 0.391. The summed E-state index contributed by atoms with van der Waals surface area (Å²) in [5, 5.41) is 5.93. The number of nitrogens with zero attached hydrogens (tertiary/aromatic N) is 1. The first-order valence-electron chi connectivity index (χ1n) is 10.5. The Kier molecular flexibility index (Phi) is 6.43. The molecule has 4 rings (SSSR count). The molecule has 2 amide bonds. The van der Waals surface area contributed by atoms with E-state index in [0.29, 0.717) is 28.9 Å². The molecular formula is C23H25ClFN3O3. The Bertz CT molecular complexity index is 1000. The molecule has 0 bridgehead atoms. The van der Waals surface area contributed by atoms with Crippen molar-refractivity contribution < 1.29 is 18.7 Å². The zero-order valence-electron chi connectivity index (χ0n) is 17.3. The van der Waals surface area contributed by atoms with Crippen LogP contribution in [0.5, 0.6) is 5.75 Å². The average Bonchev–Trinajstić information content (AvgIpc) is 3.15. The third-order valence-corrected chi connectivity index (χ3v) is 6.02. The molecule has 0 saturated carbocycles. The fourth-order valence-corrected chi connectivity index (χ4v) is 4.25. The maximum Gasteiger partial charge on any atom is 0.265 e. The van der Waals surface area contributed by atoms with Gasteiger partial charge in [0.15, 0.2) is 6.10 Å². The quantitative estimate of drug-likeness (QED) is 0.722. The number of ether oxygens (including phenoxy) is 1. The lowest BCUT2D eigenvalue weighted by Gasteiger charge is -2.32. The lowest BCUT2D eigenvalue weighted by Crippen LogP contribution is -2.42. The molecule has 0 radical (unpaired) electrons. The van der Waals surface area contributed by atoms with Crippen molar-refractivity contribution in [3.05, 3.63) is 52.8 Å². The van der Waals surface area contributed by atoms with Gasteiger partial charge in [0.2, 0.25) is 5.91 Å². The largest absolute Gasteiger partial charge is 0.480 e. The average molecular weight is 446 g/mol. The molecule has 0 spiro atoms. The zero-order valence-corrected chi connectivity index (χ0v) is 18.0. The Balaban J connectivity index is 1.37. The molecule has 164 valence electrons. The van der Waals surface area contributed by atoms with Gasteiger partial charge in [-0.05, 0) is 68.3 Å². The number of hydrogen-bond acceptors (Lipinski definition) is 4. The highest BCUT2D eigenvalue weighted by atomic mass is 35.5. The number of hydrogen-bond donors (Lipinski definition) is 2. The van der Waals surface area contributed by atoms with Crippen LogP contribution in [0.2, 0.25) is 5.02 Å². The van der Waals surface area contributed by atoms with E-state index in [2.05, 4.69) is 22.5 Å². The summed E-state index contributed by atoms with van der Waals surface area (Å²) in [7, 11) is 0. The SMILES string of the molecule is C[C@@H]1CCCCN1CC(=O)Nc1ccc(F)c(NC(=O)[C@H]2Cc3cc(Cl)ccc3O2)c1. The van der Waals surface area contributed by atoms with Crippen molar-refractivity contribution in [2.75, 3.05) is 23.7 Å². The predicted molar refractivity (Wildman–Crippen MR) is 118 cm³/mol. The van der Waals surface area contributed by atoms with Gasteiger partial charge in [-0.15, -0.1) is 0 Å². The second-order valence-corrected chi connectivity index (χ2v) is 8.55. The lowest BCUT2D eigenvalue weighted by molar-refractivity contribution is -0.122. The minimum absolute atomic E-state index is 0.00766. The third-order valence-electron chi connectivity index (χ3n) is 5.78. The Morgan fingerprint density at radius 2 is 2.03 bits per heavy atom. The highest BCUT2D eigenvalue weighted by molar-refractivity contribution is 6.30.